The molecule has 0 aromatic heterocycles. The second-order valence-corrected chi connectivity index (χ2v) is 4.25. The molecule has 0 heterocycles. The number of hydrogen-bond acceptors (Lipinski definition) is 1. The van der Waals surface area contributed by atoms with Crippen LogP contribution in [0, 0.1) is 5.92 Å². The molecule has 2 heteroatoms. The molecule has 0 saturated carbocycles. The lowest BCUT2D eigenvalue weighted by atomic mass is 10.1. The topological polar surface area (TPSA) is 9.23 Å². The average molecular weight is 213 g/mol. The van der Waals surface area contributed by atoms with Gasteiger partial charge in [-0.25, -0.2) is 0 Å². The molecule has 0 radical (unpaired) electrons. The Morgan fingerprint density at radius 1 is 1.36 bits per heavy atom. The van der Waals surface area contributed by atoms with Gasteiger partial charge in [-0.05, 0) is 36.1 Å². The minimum Gasteiger partial charge on any atom is -0.493 e. The molecule has 0 aliphatic carbocycles. The summed E-state index contributed by atoms with van der Waals surface area (Å²) in [4.78, 5) is 0. The third-order valence-corrected chi connectivity index (χ3v) is 2.21. The lowest BCUT2D eigenvalue weighted by Crippen LogP contribution is -2.05. The molecule has 0 aliphatic rings. The molecular weight excluding hydrogens is 196 g/mol. The van der Waals surface area contributed by atoms with Crippen molar-refractivity contribution in [3.05, 3.63) is 28.8 Å². The van der Waals surface area contributed by atoms with Crippen LogP contribution in [0.15, 0.2) is 18.2 Å². The van der Waals surface area contributed by atoms with E-state index in [0.29, 0.717) is 5.92 Å². The van der Waals surface area contributed by atoms with Crippen LogP contribution in [0.1, 0.15) is 26.3 Å². The number of benzene rings is 1. The van der Waals surface area contributed by atoms with Crippen molar-refractivity contribution in [1.82, 2.24) is 0 Å². The zero-order valence-corrected chi connectivity index (χ0v) is 9.77. The van der Waals surface area contributed by atoms with E-state index < -0.39 is 0 Å². The van der Waals surface area contributed by atoms with Crippen LogP contribution in [0.5, 0.6) is 5.75 Å². The van der Waals surface area contributed by atoms with Crippen LogP contribution < -0.4 is 4.74 Å². The molecule has 0 saturated heterocycles. The Morgan fingerprint density at radius 2 is 2.07 bits per heavy atom. The second-order valence-electron chi connectivity index (χ2n) is 3.81. The molecule has 0 amide bonds. The van der Waals surface area contributed by atoms with E-state index in [1.165, 1.54) is 5.56 Å². The van der Waals surface area contributed by atoms with Gasteiger partial charge in [-0.3, -0.25) is 0 Å². The maximum Gasteiger partial charge on any atom is 0.122 e. The van der Waals surface area contributed by atoms with Gasteiger partial charge in [-0.1, -0.05) is 32.4 Å². The number of rotatable bonds is 4. The molecule has 1 rings (SSSR count). The van der Waals surface area contributed by atoms with E-state index in [1.807, 2.05) is 18.2 Å². The normalized spacial score (nSPS) is 10.6. The summed E-state index contributed by atoms with van der Waals surface area (Å²) >= 11 is 5.90. The fourth-order valence-corrected chi connectivity index (χ4v) is 1.42. The van der Waals surface area contributed by atoms with Gasteiger partial charge in [-0.2, -0.15) is 0 Å². The maximum atomic E-state index is 5.90. The zero-order valence-electron chi connectivity index (χ0n) is 9.01. The number of aryl methyl sites for hydroxylation is 1. The lowest BCUT2D eigenvalue weighted by Gasteiger charge is -2.12. The maximum absolute atomic E-state index is 5.90. The van der Waals surface area contributed by atoms with Crippen molar-refractivity contribution in [3.63, 3.8) is 0 Å². The summed E-state index contributed by atoms with van der Waals surface area (Å²) in [5, 5.41) is 0.777. The first-order valence-electron chi connectivity index (χ1n) is 5.04. The molecule has 0 N–H and O–H groups in total. The van der Waals surface area contributed by atoms with Gasteiger partial charge in [0.05, 0.1) is 6.61 Å². The van der Waals surface area contributed by atoms with Gasteiger partial charge in [0.2, 0.25) is 0 Å². The number of halogens is 1. The summed E-state index contributed by atoms with van der Waals surface area (Å²) < 4.78 is 5.69. The Kier molecular flexibility index (Phi) is 4.27. The molecule has 1 aromatic rings. The van der Waals surface area contributed by atoms with Crippen LogP contribution >= 0.6 is 11.6 Å². The van der Waals surface area contributed by atoms with Crippen molar-refractivity contribution in [1.29, 1.82) is 0 Å². The Morgan fingerprint density at radius 3 is 2.64 bits per heavy atom. The minimum atomic E-state index is 0.551. The first-order chi connectivity index (χ1) is 6.63. The quantitative estimate of drug-likeness (QED) is 0.735. The molecule has 0 atom stereocenters. The number of hydrogen-bond donors (Lipinski definition) is 0. The summed E-state index contributed by atoms with van der Waals surface area (Å²) in [6, 6.07) is 5.79. The van der Waals surface area contributed by atoms with E-state index in [-0.39, 0.29) is 0 Å². The molecule has 1 nitrogen and oxygen atoms in total. The van der Waals surface area contributed by atoms with Crippen LogP contribution in [0.2, 0.25) is 5.02 Å². The van der Waals surface area contributed by atoms with Crippen molar-refractivity contribution < 1.29 is 4.74 Å². The highest BCUT2D eigenvalue weighted by Gasteiger charge is 2.03. The predicted octanol–water partition coefficient (Wildman–Crippen LogP) is 3.94. The van der Waals surface area contributed by atoms with Gasteiger partial charge in [0.1, 0.15) is 5.75 Å². The first-order valence-corrected chi connectivity index (χ1v) is 5.42. The molecule has 0 spiro atoms. The summed E-state index contributed by atoms with van der Waals surface area (Å²) in [5.74, 6) is 1.51. The Bertz CT molecular complexity index is 294. The first kappa shape index (κ1) is 11.4. The SMILES string of the molecule is CCc1cc(Cl)ccc1OCC(C)C. The third-order valence-electron chi connectivity index (χ3n) is 1.98. The average Bonchev–Trinajstić information content (AvgIpc) is 2.15. The fraction of sp³-hybridized carbons (Fsp3) is 0.500. The molecule has 0 bridgehead atoms. The third kappa shape index (κ3) is 3.22. The van der Waals surface area contributed by atoms with Crippen molar-refractivity contribution >= 4 is 11.6 Å². The van der Waals surface area contributed by atoms with E-state index in [0.717, 1.165) is 23.8 Å². The Hall–Kier alpha value is -0.690. The van der Waals surface area contributed by atoms with Crippen molar-refractivity contribution in [2.24, 2.45) is 5.92 Å². The van der Waals surface area contributed by atoms with E-state index in [1.54, 1.807) is 0 Å². The monoisotopic (exact) mass is 212 g/mol. The van der Waals surface area contributed by atoms with E-state index >= 15 is 0 Å². The highest BCUT2D eigenvalue weighted by Crippen LogP contribution is 2.23. The van der Waals surface area contributed by atoms with Gasteiger partial charge in [0.15, 0.2) is 0 Å². The van der Waals surface area contributed by atoms with Crippen LogP contribution in [0.3, 0.4) is 0 Å². The van der Waals surface area contributed by atoms with Crippen molar-refractivity contribution in [2.75, 3.05) is 6.61 Å². The molecule has 0 fully saturated rings. The van der Waals surface area contributed by atoms with Gasteiger partial charge in [0.25, 0.3) is 0 Å². The lowest BCUT2D eigenvalue weighted by molar-refractivity contribution is 0.269. The number of ether oxygens (including phenoxy) is 1. The fourth-order valence-electron chi connectivity index (χ4n) is 1.22. The van der Waals surface area contributed by atoms with Crippen LogP contribution in [-0.2, 0) is 6.42 Å². The van der Waals surface area contributed by atoms with Crippen LogP contribution in [-0.4, -0.2) is 6.61 Å². The van der Waals surface area contributed by atoms with E-state index in [2.05, 4.69) is 20.8 Å². The van der Waals surface area contributed by atoms with Crippen LogP contribution in [0.25, 0.3) is 0 Å². The summed E-state index contributed by atoms with van der Waals surface area (Å²) in [7, 11) is 0. The summed E-state index contributed by atoms with van der Waals surface area (Å²) in [5.41, 5.74) is 1.18. The molecule has 14 heavy (non-hydrogen) atoms. The standard InChI is InChI=1S/C12H17ClO/c1-4-10-7-11(13)5-6-12(10)14-8-9(2)3/h5-7,9H,4,8H2,1-3H3. The molecule has 0 unspecified atom stereocenters. The highest BCUT2D eigenvalue weighted by molar-refractivity contribution is 6.30. The molecule has 78 valence electrons. The summed E-state index contributed by atoms with van der Waals surface area (Å²) in [6.45, 7) is 7.14. The smallest absolute Gasteiger partial charge is 0.122 e. The Balaban J connectivity index is 2.75. The Labute approximate surface area is 91.0 Å². The zero-order chi connectivity index (χ0) is 10.6. The highest BCUT2D eigenvalue weighted by atomic mass is 35.5. The van der Waals surface area contributed by atoms with Gasteiger partial charge >= 0.3 is 0 Å². The van der Waals surface area contributed by atoms with E-state index in [9.17, 15) is 0 Å². The van der Waals surface area contributed by atoms with Gasteiger partial charge in [-0.15, -0.1) is 0 Å². The molecule has 1 aromatic carbocycles. The van der Waals surface area contributed by atoms with Crippen molar-refractivity contribution in [2.45, 2.75) is 27.2 Å². The van der Waals surface area contributed by atoms with Crippen molar-refractivity contribution in [3.8, 4) is 5.75 Å². The second kappa shape index (κ2) is 5.26. The van der Waals surface area contributed by atoms with Gasteiger partial charge < -0.3 is 4.74 Å². The van der Waals surface area contributed by atoms with Gasteiger partial charge in [0, 0.05) is 5.02 Å². The largest absolute Gasteiger partial charge is 0.493 e. The summed E-state index contributed by atoms with van der Waals surface area (Å²) in [6.07, 6.45) is 0.952. The predicted molar refractivity (Wildman–Crippen MR) is 61.2 cm³/mol. The van der Waals surface area contributed by atoms with Crippen LogP contribution in [0.4, 0.5) is 0 Å². The minimum absolute atomic E-state index is 0.551. The van der Waals surface area contributed by atoms with E-state index in [4.69, 9.17) is 16.3 Å². The molecular formula is C12H17ClO. The molecule has 0 aliphatic heterocycles.